The normalized spacial score (nSPS) is 15.8. The highest BCUT2D eigenvalue weighted by molar-refractivity contribution is 9.10. The summed E-state index contributed by atoms with van der Waals surface area (Å²) in [5.41, 5.74) is 6.65. The second kappa shape index (κ2) is 5.86. The molecule has 4 nitrogen and oxygen atoms in total. The van der Waals surface area contributed by atoms with Crippen molar-refractivity contribution in [3.05, 3.63) is 34.3 Å². The maximum absolute atomic E-state index is 8.56. The van der Waals surface area contributed by atoms with Gasteiger partial charge in [0.15, 0.2) is 5.84 Å². The van der Waals surface area contributed by atoms with E-state index >= 15 is 0 Å². The van der Waals surface area contributed by atoms with Crippen molar-refractivity contribution in [2.45, 2.75) is 25.9 Å². The summed E-state index contributed by atoms with van der Waals surface area (Å²) < 4.78 is 1.04. The minimum Gasteiger partial charge on any atom is -0.409 e. The molecule has 0 bridgehead atoms. The molecule has 0 aliphatic heterocycles. The number of amidine groups is 1. The number of rotatable bonds is 4. The van der Waals surface area contributed by atoms with Gasteiger partial charge in [0.05, 0.1) is 6.04 Å². The van der Waals surface area contributed by atoms with Crippen LogP contribution in [0.4, 0.5) is 0 Å². The lowest BCUT2D eigenvalue weighted by atomic mass is 10.1. The van der Waals surface area contributed by atoms with Gasteiger partial charge in [-0.3, -0.25) is 0 Å². The van der Waals surface area contributed by atoms with E-state index in [1.54, 1.807) is 0 Å². The number of nitrogens with one attached hydrogen (secondary N) is 1. The molecule has 4 N–H and O–H groups in total. The van der Waals surface area contributed by atoms with E-state index in [1.165, 1.54) is 0 Å². The Morgan fingerprint density at radius 2 is 2.06 bits per heavy atom. The zero-order valence-corrected chi connectivity index (χ0v) is 10.9. The minimum atomic E-state index is -0.174. The van der Waals surface area contributed by atoms with Crippen LogP contribution in [0.2, 0.25) is 0 Å². The summed E-state index contributed by atoms with van der Waals surface area (Å²) in [6, 6.07) is 7.90. The highest BCUT2D eigenvalue weighted by Gasteiger charge is 2.14. The molecule has 1 rings (SSSR count). The molecule has 0 aromatic heterocycles. The maximum Gasteiger partial charge on any atom is 0.156 e. The van der Waals surface area contributed by atoms with Crippen LogP contribution in [-0.2, 0) is 0 Å². The Kier molecular flexibility index (Phi) is 4.76. The molecule has 1 aromatic carbocycles. The van der Waals surface area contributed by atoms with Gasteiger partial charge in [0.2, 0.25) is 0 Å². The van der Waals surface area contributed by atoms with Gasteiger partial charge in [0, 0.05) is 10.5 Å². The summed E-state index contributed by atoms with van der Waals surface area (Å²) in [6.07, 6.45) is 0. The first kappa shape index (κ1) is 13.0. The van der Waals surface area contributed by atoms with Crippen LogP contribution in [0, 0.1) is 0 Å². The first-order valence-electron chi connectivity index (χ1n) is 5.04. The Bertz CT molecular complexity index is 381. The molecule has 0 saturated heterocycles. The smallest absolute Gasteiger partial charge is 0.156 e. The molecule has 88 valence electrons. The van der Waals surface area contributed by atoms with E-state index in [0.717, 1.165) is 10.0 Å². The summed E-state index contributed by atoms with van der Waals surface area (Å²) in [4.78, 5) is 0. The van der Waals surface area contributed by atoms with Crippen LogP contribution in [0.5, 0.6) is 0 Å². The van der Waals surface area contributed by atoms with Gasteiger partial charge in [-0.25, -0.2) is 0 Å². The zero-order chi connectivity index (χ0) is 12.1. The summed E-state index contributed by atoms with van der Waals surface area (Å²) in [5, 5.41) is 14.8. The van der Waals surface area contributed by atoms with Gasteiger partial charge in [0.25, 0.3) is 0 Å². The third-order valence-corrected chi connectivity index (χ3v) is 3.15. The van der Waals surface area contributed by atoms with Gasteiger partial charge in [-0.05, 0) is 25.5 Å². The fraction of sp³-hybridized carbons (Fsp3) is 0.364. The van der Waals surface area contributed by atoms with Gasteiger partial charge >= 0.3 is 0 Å². The van der Waals surface area contributed by atoms with Crippen molar-refractivity contribution in [3.63, 3.8) is 0 Å². The molecule has 0 aliphatic rings. The van der Waals surface area contributed by atoms with E-state index < -0.39 is 0 Å². The lowest BCUT2D eigenvalue weighted by Gasteiger charge is -2.20. The van der Waals surface area contributed by atoms with Crippen LogP contribution in [0.3, 0.4) is 0 Å². The molecule has 0 saturated carbocycles. The zero-order valence-electron chi connectivity index (χ0n) is 9.31. The molecule has 16 heavy (non-hydrogen) atoms. The number of nitrogens with two attached hydrogens (primary N) is 1. The third kappa shape index (κ3) is 3.21. The molecule has 0 amide bonds. The molecule has 5 heteroatoms. The predicted octanol–water partition coefficient (Wildman–Crippen LogP) is 2.23. The molecule has 1 aromatic rings. The van der Waals surface area contributed by atoms with Crippen LogP contribution in [0.15, 0.2) is 33.9 Å². The molecule has 0 radical (unpaired) electrons. The fourth-order valence-corrected chi connectivity index (χ4v) is 2.09. The van der Waals surface area contributed by atoms with Crippen molar-refractivity contribution >= 4 is 21.8 Å². The first-order valence-corrected chi connectivity index (χ1v) is 5.83. The van der Waals surface area contributed by atoms with Crippen molar-refractivity contribution in [2.24, 2.45) is 10.9 Å². The van der Waals surface area contributed by atoms with Gasteiger partial charge in [-0.15, -0.1) is 0 Å². The minimum absolute atomic E-state index is 0.117. The Hall–Kier alpha value is -1.07. The number of hydrogen-bond donors (Lipinski definition) is 3. The quantitative estimate of drug-likeness (QED) is 0.344. The highest BCUT2D eigenvalue weighted by atomic mass is 79.9. The van der Waals surface area contributed by atoms with Gasteiger partial charge < -0.3 is 16.3 Å². The van der Waals surface area contributed by atoms with Crippen molar-refractivity contribution in [2.75, 3.05) is 0 Å². The second-order valence-corrected chi connectivity index (χ2v) is 4.51. The fourth-order valence-electron chi connectivity index (χ4n) is 1.46. The van der Waals surface area contributed by atoms with Gasteiger partial charge in [-0.1, -0.05) is 39.3 Å². The van der Waals surface area contributed by atoms with E-state index in [9.17, 15) is 0 Å². The molecule has 0 fully saturated rings. The Balaban J connectivity index is 2.73. The van der Waals surface area contributed by atoms with Crippen LogP contribution in [0.1, 0.15) is 25.5 Å². The average molecular weight is 286 g/mol. The predicted molar refractivity (Wildman–Crippen MR) is 68.6 cm³/mol. The molecule has 2 atom stereocenters. The largest absolute Gasteiger partial charge is 0.409 e. The standard InChI is InChI=1S/C11H16BrN3O/c1-7(14-8(2)11(13)15-16)9-5-3-4-6-10(9)12/h3-8,14,16H,1-2H3,(H2,13,15)/t7-,8?/m1/s1. The summed E-state index contributed by atoms with van der Waals surface area (Å²) in [5.74, 6) is 0.180. The monoisotopic (exact) mass is 285 g/mol. The number of halogens is 1. The summed E-state index contributed by atoms with van der Waals surface area (Å²) >= 11 is 3.49. The van der Waals surface area contributed by atoms with E-state index in [-0.39, 0.29) is 17.9 Å². The molecule has 1 unspecified atom stereocenters. The number of oxime groups is 1. The molecular formula is C11H16BrN3O. The number of hydrogen-bond acceptors (Lipinski definition) is 3. The van der Waals surface area contributed by atoms with E-state index in [2.05, 4.69) is 26.4 Å². The maximum atomic E-state index is 8.56. The Labute approximate surface area is 104 Å². The van der Waals surface area contributed by atoms with Crippen molar-refractivity contribution in [1.82, 2.24) is 5.32 Å². The third-order valence-electron chi connectivity index (χ3n) is 2.43. The van der Waals surface area contributed by atoms with E-state index in [1.807, 2.05) is 38.1 Å². The van der Waals surface area contributed by atoms with Crippen LogP contribution < -0.4 is 11.1 Å². The molecule has 0 spiro atoms. The van der Waals surface area contributed by atoms with Crippen molar-refractivity contribution in [3.8, 4) is 0 Å². The Morgan fingerprint density at radius 3 is 2.62 bits per heavy atom. The lowest BCUT2D eigenvalue weighted by molar-refractivity contribution is 0.314. The highest BCUT2D eigenvalue weighted by Crippen LogP contribution is 2.22. The summed E-state index contributed by atoms with van der Waals surface area (Å²) in [7, 11) is 0. The van der Waals surface area contributed by atoms with Crippen LogP contribution in [-0.4, -0.2) is 17.1 Å². The second-order valence-electron chi connectivity index (χ2n) is 3.66. The van der Waals surface area contributed by atoms with Crippen molar-refractivity contribution < 1.29 is 5.21 Å². The molecule has 0 heterocycles. The topological polar surface area (TPSA) is 70.6 Å². The van der Waals surface area contributed by atoms with E-state index in [4.69, 9.17) is 10.9 Å². The Morgan fingerprint density at radius 1 is 1.44 bits per heavy atom. The number of benzene rings is 1. The van der Waals surface area contributed by atoms with Crippen LogP contribution in [0.25, 0.3) is 0 Å². The first-order chi connectivity index (χ1) is 7.56. The SMILES string of the molecule is CC(N[C@H](C)c1ccccc1Br)/C(N)=N/O. The van der Waals surface area contributed by atoms with Gasteiger partial charge in [0.1, 0.15) is 0 Å². The van der Waals surface area contributed by atoms with E-state index in [0.29, 0.717) is 0 Å². The van der Waals surface area contributed by atoms with Gasteiger partial charge in [-0.2, -0.15) is 0 Å². The van der Waals surface area contributed by atoms with Crippen LogP contribution >= 0.6 is 15.9 Å². The number of nitrogens with zero attached hydrogens (tertiary/aromatic N) is 1. The van der Waals surface area contributed by atoms with Crippen molar-refractivity contribution in [1.29, 1.82) is 0 Å². The molecule has 0 aliphatic carbocycles. The summed E-state index contributed by atoms with van der Waals surface area (Å²) in [6.45, 7) is 3.88. The molecular weight excluding hydrogens is 270 g/mol. The lowest BCUT2D eigenvalue weighted by Crippen LogP contribution is -2.40. The average Bonchev–Trinajstić information content (AvgIpc) is 2.28.